The van der Waals surface area contributed by atoms with Gasteiger partial charge in [-0.2, -0.15) is 4.58 Å². The predicted molar refractivity (Wildman–Crippen MR) is 81.1 cm³/mol. The monoisotopic (exact) mass is 369 g/mol. The first kappa shape index (κ1) is 21.0. The molecule has 0 fully saturated rings. The lowest BCUT2D eigenvalue weighted by molar-refractivity contribution is -2.00. The minimum absolute atomic E-state index is 0.0989. The molecule has 0 saturated heterocycles. The molecule has 1 heterocycles. The van der Waals surface area contributed by atoms with E-state index in [2.05, 4.69) is 6.08 Å². The van der Waals surface area contributed by atoms with Crippen molar-refractivity contribution in [3.05, 3.63) is 47.6 Å². The molecule has 1 aromatic rings. The highest BCUT2D eigenvalue weighted by Gasteiger charge is 2.30. The molecule has 1 aromatic carbocycles. The maximum Gasteiger partial charge on any atom is 0.394 e. The summed E-state index contributed by atoms with van der Waals surface area (Å²) < 4.78 is 40.8. The largest absolute Gasteiger partial charge is 0.497 e. The Hall–Kier alpha value is -2.03. The van der Waals surface area contributed by atoms with Crippen molar-refractivity contribution >= 4 is 17.7 Å². The lowest BCUT2D eigenvalue weighted by Crippen LogP contribution is -2.68. The summed E-state index contributed by atoms with van der Waals surface area (Å²) in [4.78, 5) is 12.1. The summed E-state index contributed by atoms with van der Waals surface area (Å²) in [6, 6.07) is 7.84. The second-order valence-electron chi connectivity index (χ2n) is 5.39. The van der Waals surface area contributed by atoms with Crippen LogP contribution < -0.4 is 23.4 Å². The van der Waals surface area contributed by atoms with Gasteiger partial charge in [0.2, 0.25) is 0 Å². The van der Waals surface area contributed by atoms with Crippen molar-refractivity contribution in [3.63, 3.8) is 0 Å². The molecular weight excluding hydrogens is 350 g/mol. The summed E-state index contributed by atoms with van der Waals surface area (Å²) in [5.41, 5.74) is 3.10. The van der Waals surface area contributed by atoms with Crippen LogP contribution in [0.3, 0.4) is 0 Å². The molecule has 136 valence electrons. The summed E-state index contributed by atoms with van der Waals surface area (Å²) >= 11 is 0. The van der Waals surface area contributed by atoms with Crippen molar-refractivity contribution in [1.82, 2.24) is 0 Å². The van der Waals surface area contributed by atoms with Gasteiger partial charge >= 0.3 is 5.91 Å². The van der Waals surface area contributed by atoms with Crippen LogP contribution in [0.1, 0.15) is 19.4 Å². The molecule has 25 heavy (non-hydrogen) atoms. The number of benzene rings is 1. The van der Waals surface area contributed by atoms with E-state index in [1.807, 2.05) is 57.3 Å². The maximum absolute atomic E-state index is 12.1. The normalized spacial score (nSPS) is 18.0. The number of amides is 1. The summed E-state index contributed by atoms with van der Waals surface area (Å²) in [5.74, 6) is 0.881. The van der Waals surface area contributed by atoms with Crippen molar-refractivity contribution < 1.29 is 43.0 Å². The number of carbonyl (C=O) groups is 1. The van der Waals surface area contributed by atoms with Gasteiger partial charge in [0.1, 0.15) is 18.7 Å². The molecule has 1 aliphatic heterocycles. The lowest BCUT2D eigenvalue weighted by Gasteiger charge is -2.17. The van der Waals surface area contributed by atoms with Crippen molar-refractivity contribution in [3.8, 4) is 5.75 Å². The smallest absolute Gasteiger partial charge is 0.394 e. The lowest BCUT2D eigenvalue weighted by atomic mass is 9.94. The fourth-order valence-electron chi connectivity index (χ4n) is 2.17. The highest BCUT2D eigenvalue weighted by Crippen LogP contribution is 2.20. The van der Waals surface area contributed by atoms with E-state index in [0.717, 1.165) is 22.6 Å². The van der Waals surface area contributed by atoms with Crippen molar-refractivity contribution in [2.45, 2.75) is 13.8 Å². The molecule has 0 spiro atoms. The van der Waals surface area contributed by atoms with Crippen LogP contribution >= 0.6 is 0 Å². The highest BCUT2D eigenvalue weighted by molar-refractivity contribution is 5.97. The van der Waals surface area contributed by atoms with Gasteiger partial charge in [-0.1, -0.05) is 24.3 Å². The Morgan fingerprint density at radius 1 is 1.12 bits per heavy atom. The molecule has 1 aliphatic rings. The number of halogens is 1. The van der Waals surface area contributed by atoms with E-state index in [9.17, 15) is 4.79 Å². The van der Waals surface area contributed by atoms with E-state index >= 15 is 0 Å². The van der Waals surface area contributed by atoms with Crippen LogP contribution in [0.25, 0.3) is 6.08 Å². The van der Waals surface area contributed by atoms with Gasteiger partial charge in [-0.05, 0) is 30.2 Å². The van der Waals surface area contributed by atoms with Gasteiger partial charge in [0, 0.05) is 13.0 Å². The third kappa shape index (κ3) is 7.16. The van der Waals surface area contributed by atoms with Crippen LogP contribution in [0, 0.1) is 16.2 Å². The molecule has 0 N–H and O–H groups in total. The molecule has 8 heteroatoms. The molecule has 0 bridgehead atoms. The zero-order valence-corrected chi connectivity index (χ0v) is 15.1. The molecule has 7 nitrogen and oxygen atoms in total. The Morgan fingerprint density at radius 2 is 1.64 bits per heavy atom. The number of hydrogen-bond acceptors (Lipinski definition) is 6. The number of ether oxygens (including phenoxy) is 1. The zero-order valence-electron chi connectivity index (χ0n) is 14.4. The van der Waals surface area contributed by atoms with Crippen LogP contribution in [0.2, 0.25) is 0 Å². The average molecular weight is 370 g/mol. The first-order valence-corrected chi connectivity index (χ1v) is 8.53. The molecule has 1 atom stereocenters. The van der Waals surface area contributed by atoms with Gasteiger partial charge in [-0.15, -0.1) is 10.2 Å². The van der Waals surface area contributed by atoms with Crippen LogP contribution in [-0.4, -0.2) is 30.4 Å². The number of nitrogens with zero attached hydrogens (tertiary/aromatic N) is 1. The Bertz CT molecular complexity index is 695. The standard InChI is InChI=1S/C17H20NO2.ClHO4/c1-12-11-15(13(2)17(19)18(12)3)8-5-14-6-9-16(20-4)10-7-14;2-1(3,4)5/h5-11,13H,1-4H3;(H,2,3,4,5)/q+1;/p-1. The van der Waals surface area contributed by atoms with Crippen molar-refractivity contribution in [2.75, 3.05) is 14.2 Å². The number of rotatable bonds is 3. The number of methoxy groups -OCH3 is 1. The average Bonchev–Trinajstić information content (AvgIpc) is 2.54. The molecule has 0 saturated carbocycles. The van der Waals surface area contributed by atoms with Crippen LogP contribution in [0.15, 0.2) is 42.0 Å². The first-order chi connectivity index (χ1) is 11.5. The van der Waals surface area contributed by atoms with Crippen LogP contribution in [0.5, 0.6) is 5.75 Å². The fraction of sp³-hybridized carbons (Fsp3) is 0.294. The van der Waals surface area contributed by atoms with Gasteiger partial charge in [0.05, 0.1) is 7.11 Å². The maximum atomic E-state index is 12.1. The topological polar surface area (TPSA) is 122 Å². The number of hydrogen-bond donors (Lipinski definition) is 0. The van der Waals surface area contributed by atoms with Gasteiger partial charge in [-0.25, -0.2) is 23.4 Å². The van der Waals surface area contributed by atoms with E-state index in [-0.39, 0.29) is 11.8 Å². The molecule has 1 amide bonds. The molecule has 2 rings (SSSR count). The van der Waals surface area contributed by atoms with Crippen LogP contribution in [0.4, 0.5) is 0 Å². The van der Waals surface area contributed by atoms with Gasteiger partial charge < -0.3 is 4.74 Å². The second kappa shape index (κ2) is 8.89. The van der Waals surface area contributed by atoms with Gasteiger partial charge in [0.15, 0.2) is 5.71 Å². The predicted octanol–water partition coefficient (Wildman–Crippen LogP) is -1.84. The SMILES string of the molecule is COc1ccc(C=CC2=CC(C)=[N+](C)C(=O)C2C)cc1.[O-][Cl+3]([O-])([O-])[O-]. The van der Waals surface area contributed by atoms with E-state index in [1.54, 1.807) is 11.7 Å². The molecule has 0 radical (unpaired) electrons. The summed E-state index contributed by atoms with van der Waals surface area (Å²) in [7, 11) is -1.48. The van der Waals surface area contributed by atoms with Gasteiger partial charge in [-0.3, -0.25) is 0 Å². The Balaban J connectivity index is 0.000000550. The summed E-state index contributed by atoms with van der Waals surface area (Å²) in [6.07, 6.45) is 6.10. The van der Waals surface area contributed by atoms with Gasteiger partial charge in [0.25, 0.3) is 0 Å². The second-order valence-corrected chi connectivity index (χ2v) is 6.15. The highest BCUT2D eigenvalue weighted by atomic mass is 35.7. The molecule has 0 aliphatic carbocycles. The van der Waals surface area contributed by atoms with E-state index in [1.165, 1.54) is 0 Å². The van der Waals surface area contributed by atoms with Crippen molar-refractivity contribution in [2.24, 2.45) is 5.92 Å². The Kier molecular flexibility index (Phi) is 7.47. The quantitative estimate of drug-likeness (QED) is 0.577. The Labute approximate surface area is 148 Å². The van der Waals surface area contributed by atoms with Crippen molar-refractivity contribution in [1.29, 1.82) is 0 Å². The van der Waals surface area contributed by atoms with E-state index in [4.69, 9.17) is 23.4 Å². The first-order valence-electron chi connectivity index (χ1n) is 7.29. The molecular formula is C17H20ClNO6. The molecule has 1 unspecified atom stereocenters. The number of carbonyl (C=O) groups excluding carboxylic acids is 1. The minimum Gasteiger partial charge on any atom is -0.497 e. The minimum atomic E-state index is -4.94. The summed E-state index contributed by atoms with van der Waals surface area (Å²) in [5, 5.41) is 0. The third-order valence-corrected chi connectivity index (χ3v) is 3.69. The Morgan fingerprint density at radius 3 is 2.12 bits per heavy atom. The van der Waals surface area contributed by atoms with E-state index in [0.29, 0.717) is 0 Å². The zero-order chi connectivity index (χ0) is 19.2. The van der Waals surface area contributed by atoms with Crippen LogP contribution in [-0.2, 0) is 4.79 Å². The van der Waals surface area contributed by atoms with E-state index < -0.39 is 10.2 Å². The number of allylic oxidation sites excluding steroid dienone is 2. The fourth-order valence-corrected chi connectivity index (χ4v) is 2.17. The summed E-state index contributed by atoms with van der Waals surface area (Å²) in [6.45, 7) is 3.89. The third-order valence-electron chi connectivity index (χ3n) is 3.69. The molecule has 0 aromatic heterocycles.